The molecule has 8 nitrogen and oxygen atoms in total. The highest BCUT2D eigenvalue weighted by atomic mass is 79.9. The number of nitrogens with zero attached hydrogens (tertiary/aromatic N) is 1. The van der Waals surface area contributed by atoms with Gasteiger partial charge in [0.2, 0.25) is 17.7 Å². The van der Waals surface area contributed by atoms with Crippen LogP contribution in [0.15, 0.2) is 91.0 Å². The van der Waals surface area contributed by atoms with Crippen molar-refractivity contribution in [1.82, 2.24) is 15.5 Å². The number of ether oxygens (including phenoxy) is 1. The van der Waals surface area contributed by atoms with Gasteiger partial charge in [0.05, 0.1) is 30.6 Å². The van der Waals surface area contributed by atoms with Crippen molar-refractivity contribution in [3.8, 4) is 0 Å². The SMILES string of the molecule is O=C(NCc1ccccc1)C1N([C@H](CO)c2ccccc2)C(=O)[C@@H]2[C@H](C(=O)NCc3ccccc3)[C@H]3OC12CC3Br. The fourth-order valence-corrected chi connectivity index (χ4v) is 7.76. The summed E-state index contributed by atoms with van der Waals surface area (Å²) in [6.45, 7) is 0.209. The summed E-state index contributed by atoms with van der Waals surface area (Å²) in [5, 5.41) is 16.6. The monoisotopic (exact) mass is 617 g/mol. The van der Waals surface area contributed by atoms with Crippen molar-refractivity contribution in [3.63, 3.8) is 0 Å². The van der Waals surface area contributed by atoms with Crippen molar-refractivity contribution >= 4 is 33.7 Å². The minimum absolute atomic E-state index is 0.215. The Kier molecular flexibility index (Phi) is 7.68. The van der Waals surface area contributed by atoms with Crippen LogP contribution in [-0.4, -0.2) is 56.9 Å². The number of fused-ring (bicyclic) bond motifs is 1. The lowest BCUT2D eigenvalue weighted by Gasteiger charge is -2.37. The molecule has 0 radical (unpaired) electrons. The van der Waals surface area contributed by atoms with Crippen LogP contribution in [-0.2, 0) is 32.2 Å². The number of amides is 3. The molecule has 212 valence electrons. The fourth-order valence-electron chi connectivity index (χ4n) is 6.82. The van der Waals surface area contributed by atoms with Crippen molar-refractivity contribution in [2.24, 2.45) is 11.8 Å². The van der Waals surface area contributed by atoms with Crippen molar-refractivity contribution in [1.29, 1.82) is 0 Å². The van der Waals surface area contributed by atoms with Gasteiger partial charge in [-0.1, -0.05) is 107 Å². The first kappa shape index (κ1) is 27.6. The van der Waals surface area contributed by atoms with E-state index in [1.54, 1.807) is 0 Å². The number of carbonyl (C=O) groups excluding carboxylic acids is 3. The number of aliphatic hydroxyl groups excluding tert-OH is 1. The highest BCUT2D eigenvalue weighted by Crippen LogP contribution is 2.61. The van der Waals surface area contributed by atoms with E-state index in [0.29, 0.717) is 18.5 Å². The van der Waals surface area contributed by atoms with Gasteiger partial charge in [0.25, 0.3) is 0 Å². The van der Waals surface area contributed by atoms with Gasteiger partial charge in [-0.05, 0) is 23.1 Å². The van der Waals surface area contributed by atoms with Crippen LogP contribution in [0, 0.1) is 11.8 Å². The van der Waals surface area contributed by atoms with E-state index in [1.807, 2.05) is 91.0 Å². The predicted octanol–water partition coefficient (Wildman–Crippen LogP) is 3.10. The standard InChI is InChI=1S/C32H32BrN3O5/c33-23-16-32-26(25(27(23)41-32)29(38)34-17-20-10-4-1-5-11-20)31(40)36(24(19-37)22-14-8-3-9-15-22)28(32)30(39)35-18-21-12-6-2-7-13-21/h1-15,23-28,37H,16-19H2,(H,34,38)(H,35,39)/t23?,24-,25+,26+,27+,28?,32?/m1/s1. The summed E-state index contributed by atoms with van der Waals surface area (Å²) in [5.74, 6) is -2.65. The fraction of sp³-hybridized carbons (Fsp3) is 0.344. The molecule has 3 aromatic carbocycles. The molecule has 3 aliphatic heterocycles. The van der Waals surface area contributed by atoms with Crippen molar-refractivity contribution in [2.75, 3.05) is 6.61 Å². The van der Waals surface area contributed by atoms with Gasteiger partial charge in [-0.2, -0.15) is 0 Å². The number of aliphatic hydroxyl groups is 1. The first-order valence-electron chi connectivity index (χ1n) is 13.9. The summed E-state index contributed by atoms with van der Waals surface area (Å²) < 4.78 is 6.59. The normalized spacial score (nSPS) is 28.8. The minimum Gasteiger partial charge on any atom is -0.394 e. The maximum atomic E-state index is 14.4. The minimum atomic E-state index is -1.21. The van der Waals surface area contributed by atoms with E-state index in [1.165, 1.54) is 4.90 Å². The van der Waals surface area contributed by atoms with Crippen molar-refractivity contribution in [3.05, 3.63) is 108 Å². The number of nitrogens with one attached hydrogen (secondary N) is 2. The smallest absolute Gasteiger partial charge is 0.246 e. The molecule has 9 heteroatoms. The molecule has 0 saturated carbocycles. The molecule has 0 aliphatic carbocycles. The summed E-state index contributed by atoms with van der Waals surface area (Å²) in [7, 11) is 0. The van der Waals surface area contributed by atoms with Crippen molar-refractivity contribution < 1.29 is 24.2 Å². The number of rotatable bonds is 9. The first-order chi connectivity index (χ1) is 19.9. The van der Waals surface area contributed by atoms with E-state index < -0.39 is 35.6 Å². The molecular formula is C32H32BrN3O5. The van der Waals surface area contributed by atoms with Crippen LogP contribution in [0.4, 0.5) is 0 Å². The quantitative estimate of drug-likeness (QED) is 0.320. The largest absolute Gasteiger partial charge is 0.394 e. The molecule has 3 unspecified atom stereocenters. The molecule has 41 heavy (non-hydrogen) atoms. The zero-order valence-electron chi connectivity index (χ0n) is 22.4. The van der Waals surface area contributed by atoms with E-state index >= 15 is 0 Å². The number of halogens is 1. The maximum absolute atomic E-state index is 14.4. The Morgan fingerprint density at radius 3 is 2.00 bits per heavy atom. The molecule has 1 spiro atoms. The summed E-state index contributed by atoms with van der Waals surface area (Å²) >= 11 is 3.71. The van der Waals surface area contributed by atoms with Gasteiger partial charge in [0.1, 0.15) is 11.6 Å². The Hall–Kier alpha value is -3.53. The average Bonchev–Trinajstić information content (AvgIpc) is 3.60. The topological polar surface area (TPSA) is 108 Å². The van der Waals surface area contributed by atoms with Gasteiger partial charge in [-0.15, -0.1) is 0 Å². The maximum Gasteiger partial charge on any atom is 0.246 e. The van der Waals surface area contributed by atoms with Gasteiger partial charge in [-0.25, -0.2) is 0 Å². The number of carbonyl (C=O) groups is 3. The molecule has 3 heterocycles. The second-order valence-corrected chi connectivity index (χ2v) is 12.1. The van der Waals surface area contributed by atoms with Crippen LogP contribution in [0.25, 0.3) is 0 Å². The number of benzene rings is 3. The lowest BCUT2D eigenvalue weighted by molar-refractivity contribution is -0.145. The van der Waals surface area contributed by atoms with Crippen LogP contribution < -0.4 is 10.6 Å². The number of alkyl halides is 1. The van der Waals surface area contributed by atoms with E-state index in [4.69, 9.17) is 4.74 Å². The Morgan fingerprint density at radius 1 is 0.902 bits per heavy atom. The van der Waals surface area contributed by atoms with Gasteiger partial charge in [0.15, 0.2) is 0 Å². The van der Waals surface area contributed by atoms with Gasteiger partial charge in [0, 0.05) is 17.9 Å². The molecule has 0 aromatic heterocycles. The van der Waals surface area contributed by atoms with Crippen LogP contribution >= 0.6 is 15.9 Å². The molecule has 6 rings (SSSR count). The molecular weight excluding hydrogens is 586 g/mol. The summed E-state index contributed by atoms with van der Waals surface area (Å²) in [4.78, 5) is 43.4. The van der Waals surface area contributed by atoms with E-state index in [0.717, 1.165) is 11.1 Å². The van der Waals surface area contributed by atoms with Gasteiger partial charge < -0.3 is 25.4 Å². The van der Waals surface area contributed by atoms with Crippen LogP contribution in [0.2, 0.25) is 0 Å². The Morgan fingerprint density at radius 2 is 1.44 bits per heavy atom. The molecule has 3 amide bonds. The van der Waals surface area contributed by atoms with Crippen molar-refractivity contribution in [2.45, 2.75) is 48.1 Å². The second kappa shape index (κ2) is 11.4. The second-order valence-electron chi connectivity index (χ2n) is 10.9. The molecule has 3 N–H and O–H groups in total. The molecule has 3 aliphatic rings. The first-order valence-corrected chi connectivity index (χ1v) is 14.8. The lowest BCUT2D eigenvalue weighted by Crippen LogP contribution is -2.56. The molecule has 3 saturated heterocycles. The Labute approximate surface area is 247 Å². The zero-order valence-corrected chi connectivity index (χ0v) is 23.9. The molecule has 7 atom stereocenters. The average molecular weight is 619 g/mol. The van der Waals surface area contributed by atoms with Gasteiger partial charge in [-0.3, -0.25) is 14.4 Å². The number of likely N-dealkylation sites (tertiary alicyclic amines) is 1. The van der Waals surface area contributed by atoms with Crippen LogP contribution in [0.3, 0.4) is 0 Å². The lowest BCUT2D eigenvalue weighted by atomic mass is 9.70. The van der Waals surface area contributed by atoms with E-state index in [9.17, 15) is 19.5 Å². The van der Waals surface area contributed by atoms with E-state index in [-0.39, 0.29) is 35.7 Å². The molecule has 3 fully saturated rings. The summed E-state index contributed by atoms with van der Waals surface area (Å²) in [6.07, 6.45) is -0.167. The predicted molar refractivity (Wildman–Crippen MR) is 155 cm³/mol. The summed E-state index contributed by atoms with van der Waals surface area (Å²) in [6, 6.07) is 26.5. The van der Waals surface area contributed by atoms with Crippen LogP contribution in [0.5, 0.6) is 0 Å². The summed E-state index contributed by atoms with van der Waals surface area (Å²) in [5.41, 5.74) is 1.35. The van der Waals surface area contributed by atoms with Gasteiger partial charge >= 0.3 is 0 Å². The number of hydrogen-bond donors (Lipinski definition) is 3. The third-order valence-electron chi connectivity index (χ3n) is 8.59. The third kappa shape index (κ3) is 4.86. The third-order valence-corrected chi connectivity index (χ3v) is 9.44. The Bertz CT molecular complexity index is 1410. The van der Waals surface area contributed by atoms with E-state index in [2.05, 4.69) is 26.6 Å². The zero-order chi connectivity index (χ0) is 28.6. The highest BCUT2D eigenvalue weighted by molar-refractivity contribution is 9.09. The molecule has 3 aromatic rings. The highest BCUT2D eigenvalue weighted by Gasteiger charge is 2.77. The van der Waals surface area contributed by atoms with Crippen LogP contribution in [0.1, 0.15) is 29.2 Å². The Balaban J connectivity index is 1.35. The molecule has 2 bridgehead atoms. The number of hydrogen-bond acceptors (Lipinski definition) is 5.